The molecule has 0 spiro atoms. The van der Waals surface area contributed by atoms with Crippen LogP contribution in [0.1, 0.15) is 72.7 Å². The topological polar surface area (TPSA) is 92.0 Å². The number of hydrogen-bond acceptors (Lipinski definition) is 6. The molecule has 7 nitrogen and oxygen atoms in total. The predicted octanol–water partition coefficient (Wildman–Crippen LogP) is 7.15. The summed E-state index contributed by atoms with van der Waals surface area (Å²) in [7, 11) is 1.63. The number of nitrogens with one attached hydrogen (secondary N) is 1. The largest absolute Gasteiger partial charge is 0.494 e. The first-order valence-corrected chi connectivity index (χ1v) is 15.3. The number of amides is 1. The van der Waals surface area contributed by atoms with Crippen LogP contribution in [-0.2, 0) is 4.79 Å². The number of hydrogen-bond donors (Lipinski definition) is 2. The summed E-state index contributed by atoms with van der Waals surface area (Å²) >= 11 is 1.83. The Labute approximate surface area is 235 Å². The van der Waals surface area contributed by atoms with E-state index in [-0.39, 0.29) is 24.9 Å². The predicted molar refractivity (Wildman–Crippen MR) is 158 cm³/mol. The SMILES string of the molecule is CSCCCOc1ccc2oc(C(Nc3ccc(C(=O)N(C)CCC(=O)O)cc3)C3CCCCC3)c(C)c2c1. The van der Waals surface area contributed by atoms with E-state index in [0.717, 1.165) is 58.7 Å². The van der Waals surface area contributed by atoms with E-state index in [4.69, 9.17) is 14.3 Å². The average Bonchev–Trinajstić information content (AvgIpc) is 3.28. The second-order valence-electron chi connectivity index (χ2n) is 10.4. The van der Waals surface area contributed by atoms with Gasteiger partial charge in [-0.25, -0.2) is 0 Å². The van der Waals surface area contributed by atoms with E-state index in [1.54, 1.807) is 19.2 Å². The molecule has 0 aliphatic heterocycles. The van der Waals surface area contributed by atoms with Gasteiger partial charge in [0.15, 0.2) is 0 Å². The van der Waals surface area contributed by atoms with Gasteiger partial charge in [0.25, 0.3) is 5.91 Å². The van der Waals surface area contributed by atoms with Crippen molar-refractivity contribution in [3.63, 3.8) is 0 Å². The monoisotopic (exact) mass is 552 g/mol. The fraction of sp³-hybridized carbons (Fsp3) is 0.484. The highest BCUT2D eigenvalue weighted by Crippen LogP contribution is 2.41. The third kappa shape index (κ3) is 7.50. The lowest BCUT2D eigenvalue weighted by Gasteiger charge is -2.31. The first-order chi connectivity index (χ1) is 18.9. The minimum atomic E-state index is -0.918. The van der Waals surface area contributed by atoms with E-state index in [1.807, 2.05) is 36.0 Å². The van der Waals surface area contributed by atoms with E-state index in [9.17, 15) is 9.59 Å². The summed E-state index contributed by atoms with van der Waals surface area (Å²) in [5.74, 6) is 2.26. The van der Waals surface area contributed by atoms with E-state index in [1.165, 1.54) is 24.2 Å². The van der Waals surface area contributed by atoms with Crippen molar-refractivity contribution in [2.75, 3.05) is 37.5 Å². The summed E-state index contributed by atoms with van der Waals surface area (Å²) in [6.07, 6.45) is 9.03. The Hall–Kier alpha value is -3.13. The molecule has 1 unspecified atom stereocenters. The van der Waals surface area contributed by atoms with Crippen molar-refractivity contribution in [3.8, 4) is 5.75 Å². The summed E-state index contributed by atoms with van der Waals surface area (Å²) in [4.78, 5) is 25.0. The zero-order chi connectivity index (χ0) is 27.8. The van der Waals surface area contributed by atoms with Gasteiger partial charge in [0.05, 0.1) is 19.1 Å². The molecule has 210 valence electrons. The van der Waals surface area contributed by atoms with Gasteiger partial charge in [-0.2, -0.15) is 11.8 Å². The van der Waals surface area contributed by atoms with E-state index in [2.05, 4.69) is 24.6 Å². The highest BCUT2D eigenvalue weighted by atomic mass is 32.2. The van der Waals surface area contributed by atoms with Crippen LogP contribution in [0.2, 0.25) is 0 Å². The lowest BCUT2D eigenvalue weighted by molar-refractivity contribution is -0.137. The molecule has 39 heavy (non-hydrogen) atoms. The number of nitrogens with zero attached hydrogens (tertiary/aromatic N) is 1. The number of furan rings is 1. The maximum Gasteiger partial charge on any atom is 0.305 e. The van der Waals surface area contributed by atoms with Gasteiger partial charge in [0.2, 0.25) is 0 Å². The van der Waals surface area contributed by atoms with Crippen LogP contribution in [0.15, 0.2) is 46.9 Å². The summed E-state index contributed by atoms with van der Waals surface area (Å²) in [5, 5.41) is 13.7. The van der Waals surface area contributed by atoms with Crippen LogP contribution in [0.25, 0.3) is 11.0 Å². The third-order valence-electron chi connectivity index (χ3n) is 7.57. The number of thioether (sulfide) groups is 1. The quantitative estimate of drug-likeness (QED) is 0.218. The maximum absolute atomic E-state index is 12.7. The second kappa shape index (κ2) is 13.8. The van der Waals surface area contributed by atoms with E-state index in [0.29, 0.717) is 18.1 Å². The number of carboxylic acid groups (broad SMARTS) is 1. The summed E-state index contributed by atoms with van der Waals surface area (Å²) < 4.78 is 12.5. The van der Waals surface area contributed by atoms with Crippen molar-refractivity contribution in [1.82, 2.24) is 4.90 Å². The molecule has 8 heteroatoms. The van der Waals surface area contributed by atoms with Gasteiger partial charge in [-0.15, -0.1) is 0 Å². The van der Waals surface area contributed by atoms with E-state index >= 15 is 0 Å². The molecular weight excluding hydrogens is 512 g/mol. The molecule has 0 saturated heterocycles. The number of carbonyl (C=O) groups is 2. The maximum atomic E-state index is 12.7. The number of carbonyl (C=O) groups excluding carboxylic acids is 1. The fourth-order valence-electron chi connectivity index (χ4n) is 5.34. The van der Waals surface area contributed by atoms with Crippen LogP contribution in [-0.4, -0.2) is 54.1 Å². The van der Waals surface area contributed by atoms with Gasteiger partial charge >= 0.3 is 5.97 Å². The van der Waals surface area contributed by atoms with E-state index < -0.39 is 5.97 Å². The van der Waals surface area contributed by atoms with Crippen molar-refractivity contribution in [2.24, 2.45) is 5.92 Å². The Morgan fingerprint density at radius 2 is 1.90 bits per heavy atom. The number of rotatable bonds is 13. The molecule has 1 atom stereocenters. The molecule has 4 rings (SSSR count). The Kier molecular flexibility index (Phi) is 10.2. The van der Waals surface area contributed by atoms with Crippen LogP contribution in [0.3, 0.4) is 0 Å². The number of fused-ring (bicyclic) bond motifs is 1. The van der Waals surface area contributed by atoms with Gasteiger partial charge in [-0.05, 0) is 86.6 Å². The highest BCUT2D eigenvalue weighted by Gasteiger charge is 2.30. The Morgan fingerprint density at radius 1 is 1.15 bits per heavy atom. The van der Waals surface area contributed by atoms with Gasteiger partial charge in [0, 0.05) is 35.8 Å². The van der Waals surface area contributed by atoms with Crippen LogP contribution >= 0.6 is 11.8 Å². The lowest BCUT2D eigenvalue weighted by atomic mass is 9.82. The standard InChI is InChI=1S/C31H40N2O5S/c1-21-26-20-25(37-18-7-19-39-3)14-15-27(26)38-30(21)29(22-8-5-4-6-9-22)32-24-12-10-23(11-13-24)31(36)33(2)17-16-28(34)35/h10-15,20,22,29,32H,4-9,16-19H2,1-3H3,(H,34,35). The molecule has 1 aliphatic carbocycles. The van der Waals surface area contributed by atoms with Crippen LogP contribution in [0.4, 0.5) is 5.69 Å². The second-order valence-corrected chi connectivity index (χ2v) is 11.4. The van der Waals surface area contributed by atoms with Crippen molar-refractivity contribution in [3.05, 3.63) is 59.4 Å². The molecule has 1 aliphatic rings. The molecule has 2 N–H and O–H groups in total. The Balaban J connectivity index is 1.54. The number of carboxylic acids is 1. The van der Waals surface area contributed by atoms with Gasteiger partial charge in [-0.3, -0.25) is 9.59 Å². The zero-order valence-corrected chi connectivity index (χ0v) is 24.0. The molecule has 1 heterocycles. The van der Waals surface area contributed by atoms with Crippen molar-refractivity contribution in [1.29, 1.82) is 0 Å². The third-order valence-corrected chi connectivity index (χ3v) is 8.27. The lowest BCUT2D eigenvalue weighted by Crippen LogP contribution is -2.29. The average molecular weight is 553 g/mol. The molecule has 1 amide bonds. The number of anilines is 1. The van der Waals surface area contributed by atoms with Gasteiger partial charge < -0.3 is 24.5 Å². The van der Waals surface area contributed by atoms with Crippen LogP contribution in [0, 0.1) is 12.8 Å². The number of benzene rings is 2. The first kappa shape index (κ1) is 28.9. The Bertz CT molecular complexity index is 1250. The smallest absolute Gasteiger partial charge is 0.305 e. The zero-order valence-electron chi connectivity index (χ0n) is 23.2. The number of aryl methyl sites for hydroxylation is 1. The summed E-state index contributed by atoms with van der Waals surface area (Å²) in [6.45, 7) is 3.01. The highest BCUT2D eigenvalue weighted by molar-refractivity contribution is 7.98. The number of ether oxygens (including phenoxy) is 1. The Morgan fingerprint density at radius 3 is 2.59 bits per heavy atom. The molecule has 1 fully saturated rings. The minimum absolute atomic E-state index is 0.0171. The molecule has 0 radical (unpaired) electrons. The summed E-state index contributed by atoms with van der Waals surface area (Å²) in [6, 6.07) is 13.5. The normalized spacial score (nSPS) is 14.7. The summed E-state index contributed by atoms with van der Waals surface area (Å²) in [5.41, 5.74) is 3.46. The molecule has 2 aromatic carbocycles. The van der Waals surface area contributed by atoms with Crippen LogP contribution in [0.5, 0.6) is 5.75 Å². The molecule has 1 saturated carbocycles. The van der Waals surface area contributed by atoms with Crippen molar-refractivity contribution >= 4 is 40.3 Å². The molecule has 1 aromatic heterocycles. The molecule has 0 bridgehead atoms. The van der Waals surface area contributed by atoms with Gasteiger partial charge in [-0.1, -0.05) is 19.3 Å². The van der Waals surface area contributed by atoms with Crippen molar-refractivity contribution < 1.29 is 23.8 Å². The number of aliphatic carboxylic acids is 1. The fourth-order valence-corrected chi connectivity index (χ4v) is 5.74. The van der Waals surface area contributed by atoms with Crippen LogP contribution < -0.4 is 10.1 Å². The minimum Gasteiger partial charge on any atom is -0.494 e. The molecular formula is C31H40N2O5S. The van der Waals surface area contributed by atoms with Gasteiger partial charge in [0.1, 0.15) is 17.1 Å². The molecule has 3 aromatic rings. The first-order valence-electron chi connectivity index (χ1n) is 13.9. The van der Waals surface area contributed by atoms with Crippen molar-refractivity contribution in [2.45, 2.75) is 57.9 Å².